The highest BCUT2D eigenvalue weighted by Crippen LogP contribution is 2.36. The van der Waals surface area contributed by atoms with Gasteiger partial charge in [-0.2, -0.15) is 10.4 Å². The van der Waals surface area contributed by atoms with Gasteiger partial charge < -0.3 is 10.2 Å². The molecule has 1 aliphatic heterocycles. The van der Waals surface area contributed by atoms with Gasteiger partial charge in [-0.1, -0.05) is 12.8 Å². The van der Waals surface area contributed by atoms with E-state index in [1.807, 2.05) is 52.3 Å². The van der Waals surface area contributed by atoms with Crippen molar-refractivity contribution in [3.05, 3.63) is 48.9 Å². The zero-order valence-corrected chi connectivity index (χ0v) is 18.5. The summed E-state index contributed by atoms with van der Waals surface area (Å²) in [4.78, 5) is 22.8. The number of nitrogens with one attached hydrogen (secondary N) is 1. The summed E-state index contributed by atoms with van der Waals surface area (Å²) in [6.45, 7) is 0.778. The van der Waals surface area contributed by atoms with Crippen molar-refractivity contribution >= 4 is 23.2 Å². The van der Waals surface area contributed by atoms with Crippen molar-refractivity contribution < 1.29 is 4.79 Å². The standard InChI is InChI=1S/C25H27N7O/c26-13-11-23(18-4-1-2-5-18)32-17-19(16-28-32)22-12-14-27-25(30-22)29-20-7-9-21(10-8-20)31-15-3-6-24(31)33/h7-10,12,14,16-18,23H,1-6,11,15H2,(H,27,29,30). The van der Waals surface area contributed by atoms with Crippen LogP contribution in [0, 0.1) is 17.2 Å². The number of carbonyl (C=O) groups excluding carboxylic acids is 1. The smallest absolute Gasteiger partial charge is 0.227 e. The van der Waals surface area contributed by atoms with E-state index >= 15 is 0 Å². The Morgan fingerprint density at radius 1 is 1.15 bits per heavy atom. The van der Waals surface area contributed by atoms with Gasteiger partial charge in [-0.05, 0) is 55.5 Å². The molecule has 2 aromatic heterocycles. The second-order valence-electron chi connectivity index (χ2n) is 8.77. The largest absolute Gasteiger partial charge is 0.324 e. The van der Waals surface area contributed by atoms with E-state index in [0.29, 0.717) is 24.7 Å². The van der Waals surface area contributed by atoms with E-state index in [9.17, 15) is 10.1 Å². The van der Waals surface area contributed by atoms with Gasteiger partial charge in [0.2, 0.25) is 11.9 Å². The molecule has 8 nitrogen and oxygen atoms in total. The first-order valence-electron chi connectivity index (χ1n) is 11.6. The molecule has 168 valence electrons. The number of hydrogen-bond acceptors (Lipinski definition) is 6. The molecule has 2 fully saturated rings. The highest BCUT2D eigenvalue weighted by Gasteiger charge is 2.27. The number of amides is 1. The number of rotatable bonds is 7. The molecule has 0 spiro atoms. The summed E-state index contributed by atoms with van der Waals surface area (Å²) < 4.78 is 1.95. The maximum absolute atomic E-state index is 11.9. The fourth-order valence-corrected chi connectivity index (χ4v) is 4.92. The van der Waals surface area contributed by atoms with Gasteiger partial charge in [0, 0.05) is 42.3 Å². The van der Waals surface area contributed by atoms with E-state index in [-0.39, 0.29) is 11.9 Å². The number of aromatic nitrogens is 4. The Bertz CT molecular complexity index is 1160. The van der Waals surface area contributed by atoms with Gasteiger partial charge in [-0.3, -0.25) is 9.48 Å². The predicted octanol–water partition coefficient (Wildman–Crippen LogP) is 4.86. The van der Waals surface area contributed by atoms with Crippen molar-refractivity contribution in [3.63, 3.8) is 0 Å². The van der Waals surface area contributed by atoms with Crippen molar-refractivity contribution in [2.45, 2.75) is 51.0 Å². The van der Waals surface area contributed by atoms with Crippen molar-refractivity contribution in [2.75, 3.05) is 16.8 Å². The average molecular weight is 442 g/mol. The first kappa shape index (κ1) is 21.1. The summed E-state index contributed by atoms with van der Waals surface area (Å²) in [5, 5.41) is 17.1. The van der Waals surface area contributed by atoms with Crippen LogP contribution in [0.15, 0.2) is 48.9 Å². The van der Waals surface area contributed by atoms with Gasteiger partial charge in [0.05, 0.1) is 30.4 Å². The van der Waals surface area contributed by atoms with E-state index in [1.165, 1.54) is 12.8 Å². The van der Waals surface area contributed by atoms with Crippen LogP contribution in [0.1, 0.15) is 51.0 Å². The minimum Gasteiger partial charge on any atom is -0.324 e. The molecule has 1 saturated carbocycles. The van der Waals surface area contributed by atoms with Gasteiger partial charge in [-0.15, -0.1) is 0 Å². The van der Waals surface area contributed by atoms with Gasteiger partial charge >= 0.3 is 0 Å². The van der Waals surface area contributed by atoms with Crippen LogP contribution >= 0.6 is 0 Å². The second kappa shape index (κ2) is 9.41. The van der Waals surface area contributed by atoms with Crippen molar-refractivity contribution in [2.24, 2.45) is 5.92 Å². The fourth-order valence-electron chi connectivity index (χ4n) is 4.92. The minimum atomic E-state index is 0.117. The van der Waals surface area contributed by atoms with Crippen LogP contribution in [0.2, 0.25) is 0 Å². The zero-order chi connectivity index (χ0) is 22.6. The lowest BCUT2D eigenvalue weighted by molar-refractivity contribution is -0.117. The molecule has 3 aromatic rings. The third kappa shape index (κ3) is 4.58. The molecule has 1 N–H and O–H groups in total. The lowest BCUT2D eigenvalue weighted by Crippen LogP contribution is -2.23. The molecule has 33 heavy (non-hydrogen) atoms. The number of carbonyl (C=O) groups is 1. The Labute approximate surface area is 193 Å². The quantitative estimate of drug-likeness (QED) is 0.562. The third-order valence-electron chi connectivity index (χ3n) is 6.65. The lowest BCUT2D eigenvalue weighted by atomic mass is 9.96. The van der Waals surface area contributed by atoms with Gasteiger partial charge in [0.1, 0.15) is 0 Å². The Kier molecular flexibility index (Phi) is 6.03. The summed E-state index contributed by atoms with van der Waals surface area (Å²) in [5.41, 5.74) is 3.46. The molecule has 1 aliphatic carbocycles. The molecule has 2 aliphatic rings. The minimum absolute atomic E-state index is 0.117. The molecule has 1 unspecified atom stereocenters. The summed E-state index contributed by atoms with van der Waals surface area (Å²) in [7, 11) is 0. The summed E-state index contributed by atoms with van der Waals surface area (Å²) in [5.74, 6) is 1.19. The average Bonchev–Trinajstić information content (AvgIpc) is 3.61. The summed E-state index contributed by atoms with van der Waals surface area (Å²) in [6.07, 6.45) is 12.3. The van der Waals surface area contributed by atoms with E-state index < -0.39 is 0 Å². The Morgan fingerprint density at radius 3 is 2.70 bits per heavy atom. The van der Waals surface area contributed by atoms with E-state index in [0.717, 1.165) is 48.4 Å². The topological polar surface area (TPSA) is 99.7 Å². The van der Waals surface area contributed by atoms with Crippen LogP contribution in [0.3, 0.4) is 0 Å². The fraction of sp³-hybridized carbons (Fsp3) is 0.400. The normalized spacial score (nSPS) is 17.3. The highest BCUT2D eigenvalue weighted by atomic mass is 16.2. The van der Waals surface area contributed by atoms with Crippen LogP contribution in [0.25, 0.3) is 11.3 Å². The zero-order valence-electron chi connectivity index (χ0n) is 18.5. The van der Waals surface area contributed by atoms with Crippen molar-refractivity contribution in [1.82, 2.24) is 19.7 Å². The first-order chi connectivity index (χ1) is 16.2. The van der Waals surface area contributed by atoms with Gasteiger partial charge in [-0.25, -0.2) is 9.97 Å². The molecule has 1 saturated heterocycles. The number of hydrogen-bond donors (Lipinski definition) is 1. The molecule has 1 atom stereocenters. The summed E-state index contributed by atoms with van der Waals surface area (Å²) in [6, 6.07) is 12.1. The SMILES string of the molecule is N#CCC(C1CCCC1)n1cc(-c2ccnc(Nc3ccc(N4CCCC4=O)cc3)n2)cn1. The highest BCUT2D eigenvalue weighted by molar-refractivity contribution is 5.95. The van der Waals surface area contributed by atoms with Crippen molar-refractivity contribution in [1.29, 1.82) is 5.26 Å². The number of benzene rings is 1. The maximum Gasteiger partial charge on any atom is 0.227 e. The molecule has 1 amide bonds. The van der Waals surface area contributed by atoms with Crippen LogP contribution in [0.5, 0.6) is 0 Å². The lowest BCUT2D eigenvalue weighted by Gasteiger charge is -2.21. The molecule has 0 radical (unpaired) electrons. The van der Waals surface area contributed by atoms with Crippen LogP contribution in [-0.2, 0) is 4.79 Å². The second-order valence-corrected chi connectivity index (χ2v) is 8.77. The number of anilines is 3. The van der Waals surface area contributed by atoms with E-state index in [4.69, 9.17) is 0 Å². The Morgan fingerprint density at radius 2 is 1.97 bits per heavy atom. The monoisotopic (exact) mass is 441 g/mol. The number of nitriles is 1. The molecule has 5 rings (SSSR count). The summed E-state index contributed by atoms with van der Waals surface area (Å²) >= 11 is 0. The molecule has 3 heterocycles. The molecular weight excluding hydrogens is 414 g/mol. The van der Waals surface area contributed by atoms with Crippen LogP contribution in [0.4, 0.5) is 17.3 Å². The number of nitrogens with zero attached hydrogens (tertiary/aromatic N) is 6. The predicted molar refractivity (Wildman–Crippen MR) is 126 cm³/mol. The van der Waals surface area contributed by atoms with E-state index in [1.54, 1.807) is 6.20 Å². The molecule has 0 bridgehead atoms. The van der Waals surface area contributed by atoms with Crippen molar-refractivity contribution in [3.8, 4) is 17.3 Å². The molecular formula is C25H27N7O. The third-order valence-corrected chi connectivity index (χ3v) is 6.65. The van der Waals surface area contributed by atoms with E-state index in [2.05, 4.69) is 26.5 Å². The van der Waals surface area contributed by atoms with Gasteiger partial charge in [0.15, 0.2) is 0 Å². The van der Waals surface area contributed by atoms with Gasteiger partial charge in [0.25, 0.3) is 0 Å². The Balaban J connectivity index is 1.30. The molecule has 1 aromatic carbocycles. The first-order valence-corrected chi connectivity index (χ1v) is 11.6. The Hall–Kier alpha value is -3.73. The van der Waals surface area contributed by atoms with Crippen LogP contribution in [-0.4, -0.2) is 32.2 Å². The van der Waals surface area contributed by atoms with Crippen LogP contribution < -0.4 is 10.2 Å². The maximum atomic E-state index is 11.9. The molecule has 8 heteroatoms.